The lowest BCUT2D eigenvalue weighted by molar-refractivity contribution is -0.119. The number of aromatic nitrogens is 2. The Labute approximate surface area is 190 Å². The zero-order valence-electron chi connectivity index (χ0n) is 17.9. The number of aryl methyl sites for hydroxylation is 2. The predicted molar refractivity (Wildman–Crippen MR) is 128 cm³/mol. The first-order valence-electron chi connectivity index (χ1n) is 9.75. The number of carbonyl (C=O) groups is 1. The van der Waals surface area contributed by atoms with Gasteiger partial charge in [-0.05, 0) is 57.3 Å². The van der Waals surface area contributed by atoms with Crippen LogP contribution in [0.1, 0.15) is 11.1 Å². The van der Waals surface area contributed by atoms with E-state index >= 15 is 0 Å². The lowest BCUT2D eigenvalue weighted by Gasteiger charge is -2.22. The monoisotopic (exact) mass is 460 g/mol. The van der Waals surface area contributed by atoms with Crippen LogP contribution in [0.5, 0.6) is 0 Å². The Hall–Kier alpha value is -2.68. The van der Waals surface area contributed by atoms with Gasteiger partial charge in [-0.15, -0.1) is 12.4 Å². The molecular weight excluding hydrogens is 436 g/mol. The highest BCUT2D eigenvalue weighted by atomic mass is 35.5. The number of halogens is 1. The van der Waals surface area contributed by atoms with E-state index in [4.69, 9.17) is 9.40 Å². The highest BCUT2D eigenvalue weighted by Gasteiger charge is 2.23. The summed E-state index contributed by atoms with van der Waals surface area (Å²) in [6.45, 7) is 5.16. The quantitative estimate of drug-likeness (QED) is 0.437. The van der Waals surface area contributed by atoms with E-state index in [1.807, 2.05) is 38.1 Å². The highest BCUT2D eigenvalue weighted by Crippen LogP contribution is 2.32. The van der Waals surface area contributed by atoms with Crippen molar-refractivity contribution in [2.45, 2.75) is 20.4 Å². The van der Waals surface area contributed by atoms with Crippen LogP contribution in [0.3, 0.4) is 0 Å². The number of likely N-dealkylation sites (N-methyl/N-ethyl adjacent to an activating group) is 1. The molecule has 4 aromatic rings. The van der Waals surface area contributed by atoms with Crippen molar-refractivity contribution < 1.29 is 9.21 Å². The molecule has 2 heterocycles. The molecule has 0 N–H and O–H groups in total. The zero-order valence-corrected chi connectivity index (χ0v) is 19.5. The van der Waals surface area contributed by atoms with Crippen LogP contribution in [0.2, 0.25) is 0 Å². The van der Waals surface area contributed by atoms with Crippen LogP contribution < -0.4 is 10.7 Å². The van der Waals surface area contributed by atoms with E-state index in [0.29, 0.717) is 29.3 Å². The summed E-state index contributed by atoms with van der Waals surface area (Å²) in [5, 5.41) is 0.645. The molecule has 0 saturated heterocycles. The fourth-order valence-corrected chi connectivity index (χ4v) is 4.55. The molecule has 164 valence electrons. The maximum Gasteiger partial charge on any atom is 0.420 e. The van der Waals surface area contributed by atoms with Gasteiger partial charge in [-0.2, -0.15) is 0 Å². The number of rotatable bonds is 6. The minimum absolute atomic E-state index is 0. The fourth-order valence-electron chi connectivity index (χ4n) is 3.49. The molecule has 9 heteroatoms. The summed E-state index contributed by atoms with van der Waals surface area (Å²) in [7, 11) is 3.92. The van der Waals surface area contributed by atoms with Gasteiger partial charge in [-0.3, -0.25) is 14.3 Å². The summed E-state index contributed by atoms with van der Waals surface area (Å²) >= 11 is 1.51. The second kappa shape index (κ2) is 9.21. The number of hydrogen-bond donors (Lipinski definition) is 0. The highest BCUT2D eigenvalue weighted by molar-refractivity contribution is 7.22. The van der Waals surface area contributed by atoms with Crippen molar-refractivity contribution in [1.29, 1.82) is 0 Å². The average Bonchev–Trinajstić information content (AvgIpc) is 3.23. The fraction of sp³-hybridized carbons (Fsp3) is 0.318. The molecule has 0 bridgehead atoms. The predicted octanol–water partition coefficient (Wildman–Crippen LogP) is 3.84. The number of fused-ring (bicyclic) bond motifs is 2. The number of hydrogen-bond acceptors (Lipinski definition) is 6. The first-order chi connectivity index (χ1) is 14.3. The molecule has 31 heavy (non-hydrogen) atoms. The molecule has 4 rings (SSSR count). The summed E-state index contributed by atoms with van der Waals surface area (Å²) in [5.41, 5.74) is 4.26. The van der Waals surface area contributed by atoms with Gasteiger partial charge in [0, 0.05) is 13.1 Å². The van der Waals surface area contributed by atoms with Crippen molar-refractivity contribution in [3.63, 3.8) is 0 Å². The van der Waals surface area contributed by atoms with Gasteiger partial charge in [0.1, 0.15) is 6.54 Å². The molecule has 0 aliphatic rings. The standard InChI is InChI=1S/C22H24N4O3S.ClH/c1-14-11-15(2)20-16(12-14)23-21(30-20)25(10-9-24(3)4)19(27)13-26-17-7-5-6-8-18(17)29-22(26)28;/h5-8,11-12H,9-10,13H2,1-4H3;1H. The van der Waals surface area contributed by atoms with E-state index in [1.165, 1.54) is 15.9 Å². The van der Waals surface area contributed by atoms with Crippen molar-refractivity contribution in [2.24, 2.45) is 0 Å². The zero-order chi connectivity index (χ0) is 21.4. The summed E-state index contributed by atoms with van der Waals surface area (Å²) in [4.78, 5) is 34.1. The van der Waals surface area contributed by atoms with Gasteiger partial charge in [0.25, 0.3) is 0 Å². The molecule has 0 atom stereocenters. The normalized spacial score (nSPS) is 11.3. The molecule has 1 amide bonds. The summed E-state index contributed by atoms with van der Waals surface area (Å²) in [5.74, 6) is -0.730. The third-order valence-electron chi connectivity index (χ3n) is 4.98. The number of carbonyl (C=O) groups excluding carboxylic acids is 1. The van der Waals surface area contributed by atoms with E-state index in [9.17, 15) is 9.59 Å². The van der Waals surface area contributed by atoms with E-state index in [2.05, 4.69) is 13.0 Å². The van der Waals surface area contributed by atoms with Gasteiger partial charge >= 0.3 is 5.76 Å². The van der Waals surface area contributed by atoms with Gasteiger partial charge in [0.15, 0.2) is 10.7 Å². The van der Waals surface area contributed by atoms with Crippen LogP contribution in [0.4, 0.5) is 5.13 Å². The summed E-state index contributed by atoms with van der Waals surface area (Å²) < 4.78 is 7.73. The topological polar surface area (TPSA) is 71.6 Å². The third kappa shape index (κ3) is 4.66. The molecule has 0 fully saturated rings. The van der Waals surface area contributed by atoms with Crippen molar-refractivity contribution in [3.8, 4) is 0 Å². The third-order valence-corrected chi connectivity index (χ3v) is 6.21. The Morgan fingerprint density at radius 2 is 1.90 bits per heavy atom. The molecule has 0 unspecified atom stereocenters. The molecule has 0 aliphatic carbocycles. The molecule has 0 radical (unpaired) electrons. The van der Waals surface area contributed by atoms with E-state index in [1.54, 1.807) is 23.1 Å². The van der Waals surface area contributed by atoms with Crippen LogP contribution in [0.15, 0.2) is 45.6 Å². The Kier molecular flexibility index (Phi) is 6.83. The van der Waals surface area contributed by atoms with Crippen molar-refractivity contribution >= 4 is 56.1 Å². The molecule has 2 aromatic heterocycles. The number of nitrogens with zero attached hydrogens (tertiary/aromatic N) is 4. The number of oxazole rings is 1. The van der Waals surface area contributed by atoms with Gasteiger partial charge in [-0.25, -0.2) is 9.78 Å². The molecule has 0 aliphatic heterocycles. The molecule has 0 spiro atoms. The van der Waals surface area contributed by atoms with E-state index in [-0.39, 0.29) is 24.9 Å². The van der Waals surface area contributed by atoms with Crippen LogP contribution in [-0.2, 0) is 11.3 Å². The van der Waals surface area contributed by atoms with Crippen LogP contribution in [0, 0.1) is 13.8 Å². The largest absolute Gasteiger partial charge is 0.420 e. The van der Waals surface area contributed by atoms with Gasteiger partial charge in [-0.1, -0.05) is 29.5 Å². The molecule has 7 nitrogen and oxygen atoms in total. The van der Waals surface area contributed by atoms with Crippen LogP contribution in [-0.4, -0.2) is 47.5 Å². The maximum absolute atomic E-state index is 13.3. The van der Waals surface area contributed by atoms with E-state index in [0.717, 1.165) is 21.3 Å². The minimum Gasteiger partial charge on any atom is -0.408 e. The first kappa shape index (κ1) is 23.0. The van der Waals surface area contributed by atoms with Gasteiger partial charge in [0.2, 0.25) is 5.91 Å². The average molecular weight is 461 g/mol. The first-order valence-corrected chi connectivity index (χ1v) is 10.6. The van der Waals surface area contributed by atoms with Crippen molar-refractivity contribution in [1.82, 2.24) is 14.5 Å². The van der Waals surface area contributed by atoms with Crippen molar-refractivity contribution in [3.05, 3.63) is 58.1 Å². The number of para-hydroxylation sites is 2. The molecule has 0 saturated carbocycles. The van der Waals surface area contributed by atoms with Gasteiger partial charge in [0.05, 0.1) is 15.7 Å². The lowest BCUT2D eigenvalue weighted by Crippen LogP contribution is -2.39. The lowest BCUT2D eigenvalue weighted by atomic mass is 10.1. The minimum atomic E-state index is -0.534. The van der Waals surface area contributed by atoms with E-state index < -0.39 is 5.76 Å². The SMILES string of the molecule is Cc1cc(C)c2sc(N(CCN(C)C)C(=O)Cn3c(=O)oc4ccccc43)nc2c1.Cl. The molecular formula is C22H25ClN4O3S. The Bertz CT molecular complexity index is 1290. The Morgan fingerprint density at radius 3 is 2.65 bits per heavy atom. The Balaban J connectivity index is 0.00000272. The maximum atomic E-state index is 13.3. The van der Waals surface area contributed by atoms with Crippen LogP contribution >= 0.6 is 23.7 Å². The number of amides is 1. The smallest absolute Gasteiger partial charge is 0.408 e. The van der Waals surface area contributed by atoms with Crippen LogP contribution in [0.25, 0.3) is 21.3 Å². The Morgan fingerprint density at radius 1 is 1.16 bits per heavy atom. The summed E-state index contributed by atoms with van der Waals surface area (Å²) in [6.07, 6.45) is 0. The number of benzene rings is 2. The molecule has 2 aromatic carbocycles. The number of anilines is 1. The second-order valence-electron chi connectivity index (χ2n) is 7.70. The van der Waals surface area contributed by atoms with Gasteiger partial charge < -0.3 is 9.32 Å². The summed E-state index contributed by atoms with van der Waals surface area (Å²) in [6, 6.07) is 11.3. The van der Waals surface area contributed by atoms with Crippen molar-refractivity contribution in [2.75, 3.05) is 32.1 Å². The number of thiazole rings is 1. The second-order valence-corrected chi connectivity index (χ2v) is 8.67.